The van der Waals surface area contributed by atoms with E-state index in [-0.39, 0.29) is 17.9 Å². The Balaban J connectivity index is 1.61. The highest BCUT2D eigenvalue weighted by Gasteiger charge is 2.21. The number of thiophene rings is 1. The predicted octanol–water partition coefficient (Wildman–Crippen LogP) is 4.09. The van der Waals surface area contributed by atoms with Crippen molar-refractivity contribution >= 4 is 27.2 Å². The average Bonchev–Trinajstić information content (AvgIpc) is 3.06. The number of aryl methyl sites for hydroxylation is 1. The number of hydrogen-bond acceptors (Lipinski definition) is 6. The van der Waals surface area contributed by atoms with Crippen LogP contribution in [-0.4, -0.2) is 32.6 Å². The van der Waals surface area contributed by atoms with Crippen LogP contribution in [0.4, 0.5) is 5.82 Å². The maximum Gasteiger partial charge on any atom is 0.149 e. The van der Waals surface area contributed by atoms with E-state index in [9.17, 15) is 10.2 Å². The molecule has 1 aliphatic carbocycles. The lowest BCUT2D eigenvalue weighted by Crippen LogP contribution is -2.30. The quantitative estimate of drug-likeness (QED) is 0.659. The Hall–Kier alpha value is -2.18. The van der Waals surface area contributed by atoms with Crippen molar-refractivity contribution in [1.29, 1.82) is 0 Å². The summed E-state index contributed by atoms with van der Waals surface area (Å²) in [7, 11) is 0. The third-order valence-electron chi connectivity index (χ3n) is 4.84. The molecule has 2 atom stereocenters. The van der Waals surface area contributed by atoms with Crippen molar-refractivity contribution < 1.29 is 10.2 Å². The summed E-state index contributed by atoms with van der Waals surface area (Å²) in [4.78, 5) is 0. The van der Waals surface area contributed by atoms with E-state index < -0.39 is 0 Å². The van der Waals surface area contributed by atoms with Crippen molar-refractivity contribution in [3.05, 3.63) is 35.2 Å². The molecular weight excluding hydrogens is 334 g/mol. The SMILES string of the molecule is Cc1cc(N[C@@H]2CCC[C@@H](O)C2)nnc1-c1ccc2sccc2c1O. The number of hydrogen-bond donors (Lipinski definition) is 3. The fourth-order valence-electron chi connectivity index (χ4n) is 3.55. The molecule has 0 unspecified atom stereocenters. The van der Waals surface area contributed by atoms with Crippen LogP contribution in [0.25, 0.3) is 21.3 Å². The van der Waals surface area contributed by atoms with E-state index in [2.05, 4.69) is 15.5 Å². The average molecular weight is 355 g/mol. The van der Waals surface area contributed by atoms with Gasteiger partial charge in [0.25, 0.3) is 0 Å². The molecule has 0 spiro atoms. The Morgan fingerprint density at radius 2 is 2.08 bits per heavy atom. The number of rotatable bonds is 3. The summed E-state index contributed by atoms with van der Waals surface area (Å²) >= 11 is 1.61. The summed E-state index contributed by atoms with van der Waals surface area (Å²) < 4.78 is 1.06. The van der Waals surface area contributed by atoms with Crippen LogP contribution in [0.2, 0.25) is 0 Å². The molecular formula is C19H21N3O2S. The largest absolute Gasteiger partial charge is 0.507 e. The molecule has 0 aliphatic heterocycles. The molecule has 0 radical (unpaired) electrons. The molecule has 2 aromatic heterocycles. The summed E-state index contributed by atoms with van der Waals surface area (Å²) in [6.45, 7) is 1.97. The lowest BCUT2D eigenvalue weighted by molar-refractivity contribution is 0.124. The molecule has 5 nitrogen and oxygen atoms in total. The molecule has 0 saturated heterocycles. The first-order chi connectivity index (χ1) is 12.1. The zero-order valence-electron chi connectivity index (χ0n) is 14.1. The van der Waals surface area contributed by atoms with Gasteiger partial charge in [0.05, 0.1) is 11.8 Å². The number of aromatic hydroxyl groups is 1. The van der Waals surface area contributed by atoms with Gasteiger partial charge in [0, 0.05) is 21.7 Å². The van der Waals surface area contributed by atoms with Crippen molar-refractivity contribution in [2.24, 2.45) is 0 Å². The Kier molecular flexibility index (Phi) is 4.31. The van der Waals surface area contributed by atoms with Crippen LogP contribution in [0, 0.1) is 6.92 Å². The molecule has 0 bridgehead atoms. The van der Waals surface area contributed by atoms with Gasteiger partial charge in [-0.1, -0.05) is 0 Å². The van der Waals surface area contributed by atoms with E-state index in [1.54, 1.807) is 11.3 Å². The normalized spacial score (nSPS) is 20.7. The first-order valence-electron chi connectivity index (χ1n) is 8.60. The lowest BCUT2D eigenvalue weighted by atomic mass is 9.93. The molecule has 2 heterocycles. The fourth-order valence-corrected chi connectivity index (χ4v) is 4.33. The Morgan fingerprint density at radius 1 is 1.20 bits per heavy atom. The number of benzene rings is 1. The van der Waals surface area contributed by atoms with Crippen molar-refractivity contribution in [3.8, 4) is 17.0 Å². The number of phenolic OH excluding ortho intramolecular Hbond substituents is 1. The fraction of sp³-hybridized carbons (Fsp3) is 0.368. The molecule has 1 saturated carbocycles. The molecule has 6 heteroatoms. The summed E-state index contributed by atoms with van der Waals surface area (Å²) in [5.41, 5.74) is 2.36. The zero-order valence-corrected chi connectivity index (χ0v) is 14.9. The van der Waals surface area contributed by atoms with Gasteiger partial charge in [-0.2, -0.15) is 0 Å². The molecule has 4 rings (SSSR count). The van der Waals surface area contributed by atoms with E-state index >= 15 is 0 Å². The maximum atomic E-state index is 10.6. The minimum atomic E-state index is -0.228. The number of anilines is 1. The first kappa shape index (κ1) is 16.3. The number of aliphatic hydroxyl groups excluding tert-OH is 1. The van der Waals surface area contributed by atoms with Crippen LogP contribution in [0.5, 0.6) is 5.75 Å². The molecule has 1 fully saturated rings. The molecule has 0 amide bonds. The molecule has 130 valence electrons. The number of phenols is 1. The second-order valence-corrected chi connectivity index (χ2v) is 7.66. The molecule has 1 aromatic carbocycles. The van der Waals surface area contributed by atoms with Crippen LogP contribution in [-0.2, 0) is 0 Å². The van der Waals surface area contributed by atoms with E-state index in [0.29, 0.717) is 11.3 Å². The highest BCUT2D eigenvalue weighted by atomic mass is 32.1. The number of nitrogens with zero attached hydrogens (tertiary/aromatic N) is 2. The first-order valence-corrected chi connectivity index (χ1v) is 9.48. The number of aromatic nitrogens is 2. The Bertz CT molecular complexity index is 909. The smallest absolute Gasteiger partial charge is 0.149 e. The van der Waals surface area contributed by atoms with E-state index in [1.165, 1.54) is 0 Å². The minimum Gasteiger partial charge on any atom is -0.507 e. The van der Waals surface area contributed by atoms with Crippen molar-refractivity contribution in [2.75, 3.05) is 5.32 Å². The summed E-state index contributed by atoms with van der Waals surface area (Å²) in [6.07, 6.45) is 3.46. The zero-order chi connectivity index (χ0) is 17.4. The molecule has 3 aromatic rings. The van der Waals surface area contributed by atoms with Gasteiger partial charge in [-0.05, 0) is 67.8 Å². The predicted molar refractivity (Wildman–Crippen MR) is 101 cm³/mol. The van der Waals surface area contributed by atoms with Crippen molar-refractivity contribution in [3.63, 3.8) is 0 Å². The van der Waals surface area contributed by atoms with Crippen LogP contribution in [0.3, 0.4) is 0 Å². The van der Waals surface area contributed by atoms with Crippen molar-refractivity contribution in [1.82, 2.24) is 10.2 Å². The van der Waals surface area contributed by atoms with Crippen LogP contribution >= 0.6 is 11.3 Å². The van der Waals surface area contributed by atoms with Gasteiger partial charge in [-0.3, -0.25) is 0 Å². The molecule has 25 heavy (non-hydrogen) atoms. The second-order valence-electron chi connectivity index (χ2n) is 6.72. The topological polar surface area (TPSA) is 78.3 Å². The summed E-state index contributed by atoms with van der Waals surface area (Å²) in [6, 6.07) is 8.02. The summed E-state index contributed by atoms with van der Waals surface area (Å²) in [5.74, 6) is 0.976. The lowest BCUT2D eigenvalue weighted by Gasteiger charge is -2.27. The van der Waals surface area contributed by atoms with Gasteiger partial charge in [0.2, 0.25) is 0 Å². The van der Waals surface area contributed by atoms with E-state index in [4.69, 9.17) is 0 Å². The monoisotopic (exact) mass is 355 g/mol. The van der Waals surface area contributed by atoms with Crippen LogP contribution in [0.1, 0.15) is 31.2 Å². The third-order valence-corrected chi connectivity index (χ3v) is 5.73. The van der Waals surface area contributed by atoms with Crippen LogP contribution < -0.4 is 5.32 Å². The van der Waals surface area contributed by atoms with Gasteiger partial charge < -0.3 is 15.5 Å². The van der Waals surface area contributed by atoms with E-state index in [0.717, 1.165) is 47.2 Å². The number of aliphatic hydroxyl groups is 1. The van der Waals surface area contributed by atoms with Gasteiger partial charge in [0.15, 0.2) is 0 Å². The minimum absolute atomic E-state index is 0.228. The highest BCUT2D eigenvalue weighted by Crippen LogP contribution is 2.38. The molecule has 3 N–H and O–H groups in total. The second kappa shape index (κ2) is 6.61. The van der Waals surface area contributed by atoms with Crippen molar-refractivity contribution in [2.45, 2.75) is 44.8 Å². The molecule has 1 aliphatic rings. The van der Waals surface area contributed by atoms with Gasteiger partial charge >= 0.3 is 0 Å². The Labute approximate surface area is 150 Å². The standard InChI is InChI=1S/C19H21N3O2S/c1-11-9-17(20-12-3-2-4-13(23)10-12)21-22-18(11)15-5-6-16-14(19(15)24)7-8-25-16/h5-9,12-13,23-24H,2-4,10H2,1H3,(H,20,21)/t12-,13-/m1/s1. The van der Waals surface area contributed by atoms with E-state index in [1.807, 2.05) is 36.6 Å². The third kappa shape index (κ3) is 3.19. The highest BCUT2D eigenvalue weighted by molar-refractivity contribution is 7.17. The van der Waals surface area contributed by atoms with Crippen LogP contribution in [0.15, 0.2) is 29.6 Å². The Morgan fingerprint density at radius 3 is 2.88 bits per heavy atom. The van der Waals surface area contributed by atoms with Gasteiger partial charge in [-0.25, -0.2) is 0 Å². The number of fused-ring (bicyclic) bond motifs is 1. The van der Waals surface area contributed by atoms with Gasteiger partial charge in [-0.15, -0.1) is 21.5 Å². The maximum absolute atomic E-state index is 10.6. The number of nitrogens with one attached hydrogen (secondary N) is 1. The summed E-state index contributed by atoms with van der Waals surface area (Å²) in [5, 5.41) is 35.2. The van der Waals surface area contributed by atoms with Gasteiger partial charge in [0.1, 0.15) is 11.6 Å².